The van der Waals surface area contributed by atoms with Crippen molar-refractivity contribution in [3.05, 3.63) is 28.0 Å². The zero-order valence-corrected chi connectivity index (χ0v) is 12.9. The van der Waals surface area contributed by atoms with Crippen molar-refractivity contribution in [2.45, 2.75) is 39.0 Å². The number of anilines is 1. The van der Waals surface area contributed by atoms with Crippen molar-refractivity contribution in [1.29, 1.82) is 0 Å². The van der Waals surface area contributed by atoms with Crippen LogP contribution in [0.5, 0.6) is 0 Å². The van der Waals surface area contributed by atoms with E-state index in [1.54, 1.807) is 6.07 Å². The van der Waals surface area contributed by atoms with Crippen molar-refractivity contribution in [2.24, 2.45) is 5.41 Å². The van der Waals surface area contributed by atoms with Crippen LogP contribution in [0.4, 0.5) is 10.1 Å². The fourth-order valence-electron chi connectivity index (χ4n) is 2.81. The van der Waals surface area contributed by atoms with Crippen LogP contribution in [0.2, 0.25) is 0 Å². The molecule has 0 aromatic heterocycles. The minimum atomic E-state index is -0.238. The SMILES string of the molecule is Cc1cc(F)c(Br)cc1NCC1(CO)CCCCC1. The standard InChI is InChI=1S/C15H21BrFNO/c1-11-7-13(17)12(16)8-14(11)18-9-15(10-19)5-3-2-4-6-15/h7-8,18-19H,2-6,9-10H2,1H3. The molecule has 1 aliphatic carbocycles. The van der Waals surface area contributed by atoms with Gasteiger partial charge in [-0.25, -0.2) is 4.39 Å². The van der Waals surface area contributed by atoms with Crippen LogP contribution in [0, 0.1) is 18.2 Å². The molecule has 1 fully saturated rings. The van der Waals surface area contributed by atoms with E-state index >= 15 is 0 Å². The number of halogens is 2. The second-order valence-electron chi connectivity index (χ2n) is 5.65. The molecule has 0 unspecified atom stereocenters. The van der Waals surface area contributed by atoms with Crippen molar-refractivity contribution in [3.63, 3.8) is 0 Å². The third-order valence-electron chi connectivity index (χ3n) is 4.17. The summed E-state index contributed by atoms with van der Waals surface area (Å²) < 4.78 is 13.9. The van der Waals surface area contributed by atoms with Crippen LogP contribution in [0.1, 0.15) is 37.7 Å². The number of aliphatic hydroxyl groups is 1. The van der Waals surface area contributed by atoms with Gasteiger partial charge in [0.05, 0.1) is 11.1 Å². The number of rotatable bonds is 4. The van der Waals surface area contributed by atoms with Crippen LogP contribution in [0.3, 0.4) is 0 Å². The third kappa shape index (κ3) is 3.48. The Hall–Kier alpha value is -0.610. The fraction of sp³-hybridized carbons (Fsp3) is 0.600. The number of aliphatic hydroxyl groups excluding tert-OH is 1. The summed E-state index contributed by atoms with van der Waals surface area (Å²) >= 11 is 3.21. The number of benzene rings is 1. The highest BCUT2D eigenvalue weighted by Gasteiger charge is 2.31. The fourth-order valence-corrected chi connectivity index (χ4v) is 3.16. The monoisotopic (exact) mass is 329 g/mol. The van der Waals surface area contributed by atoms with Crippen molar-refractivity contribution >= 4 is 21.6 Å². The number of nitrogens with one attached hydrogen (secondary N) is 1. The van der Waals surface area contributed by atoms with Gasteiger partial charge in [0.15, 0.2) is 0 Å². The number of hydrogen-bond donors (Lipinski definition) is 2. The number of aryl methyl sites for hydroxylation is 1. The minimum Gasteiger partial charge on any atom is -0.396 e. The van der Waals surface area contributed by atoms with E-state index in [-0.39, 0.29) is 17.8 Å². The lowest BCUT2D eigenvalue weighted by molar-refractivity contribution is 0.0944. The van der Waals surface area contributed by atoms with Gasteiger partial charge < -0.3 is 10.4 Å². The van der Waals surface area contributed by atoms with Crippen LogP contribution >= 0.6 is 15.9 Å². The predicted molar refractivity (Wildman–Crippen MR) is 79.9 cm³/mol. The maximum atomic E-state index is 13.4. The summed E-state index contributed by atoms with van der Waals surface area (Å²) in [5.74, 6) is -0.238. The molecule has 0 heterocycles. The summed E-state index contributed by atoms with van der Waals surface area (Å²) in [4.78, 5) is 0. The zero-order valence-electron chi connectivity index (χ0n) is 11.3. The molecule has 1 saturated carbocycles. The average molecular weight is 330 g/mol. The highest BCUT2D eigenvalue weighted by Crippen LogP contribution is 2.36. The van der Waals surface area contributed by atoms with Gasteiger partial charge >= 0.3 is 0 Å². The van der Waals surface area contributed by atoms with Gasteiger partial charge in [-0.05, 0) is 53.4 Å². The predicted octanol–water partition coefficient (Wildman–Crippen LogP) is 4.25. The highest BCUT2D eigenvalue weighted by atomic mass is 79.9. The van der Waals surface area contributed by atoms with E-state index in [4.69, 9.17) is 0 Å². The van der Waals surface area contributed by atoms with Gasteiger partial charge in [0, 0.05) is 17.6 Å². The maximum Gasteiger partial charge on any atom is 0.137 e. The van der Waals surface area contributed by atoms with Crippen molar-refractivity contribution in [3.8, 4) is 0 Å². The van der Waals surface area contributed by atoms with Crippen molar-refractivity contribution in [2.75, 3.05) is 18.5 Å². The lowest BCUT2D eigenvalue weighted by Crippen LogP contribution is -2.35. The van der Waals surface area contributed by atoms with E-state index in [2.05, 4.69) is 21.2 Å². The van der Waals surface area contributed by atoms with E-state index in [0.29, 0.717) is 4.47 Å². The second kappa shape index (κ2) is 6.23. The second-order valence-corrected chi connectivity index (χ2v) is 6.51. The largest absolute Gasteiger partial charge is 0.396 e. The molecule has 2 rings (SSSR count). The maximum absolute atomic E-state index is 13.4. The van der Waals surface area contributed by atoms with Crippen LogP contribution in [-0.4, -0.2) is 18.3 Å². The topological polar surface area (TPSA) is 32.3 Å². The van der Waals surface area contributed by atoms with E-state index in [1.807, 2.05) is 6.92 Å². The Labute approximate surface area is 122 Å². The molecule has 19 heavy (non-hydrogen) atoms. The summed E-state index contributed by atoms with van der Waals surface area (Å²) in [5.41, 5.74) is 1.82. The van der Waals surface area contributed by atoms with Crippen LogP contribution in [0.15, 0.2) is 16.6 Å². The molecule has 0 radical (unpaired) electrons. The van der Waals surface area contributed by atoms with Crippen LogP contribution < -0.4 is 5.32 Å². The van der Waals surface area contributed by atoms with Crippen LogP contribution in [-0.2, 0) is 0 Å². The summed E-state index contributed by atoms with van der Waals surface area (Å²) in [7, 11) is 0. The van der Waals surface area contributed by atoms with Gasteiger partial charge in [0.25, 0.3) is 0 Å². The number of hydrogen-bond acceptors (Lipinski definition) is 2. The first-order valence-electron chi connectivity index (χ1n) is 6.87. The van der Waals surface area contributed by atoms with Crippen LogP contribution in [0.25, 0.3) is 0 Å². The molecule has 1 aromatic rings. The Kier molecular flexibility index (Phi) is 4.85. The Balaban J connectivity index is 2.07. The molecule has 1 aliphatic rings. The molecule has 2 N–H and O–H groups in total. The molecule has 106 valence electrons. The Morgan fingerprint density at radius 3 is 2.63 bits per heavy atom. The Bertz CT molecular complexity index is 444. The summed E-state index contributed by atoms with van der Waals surface area (Å²) in [6.45, 7) is 2.87. The smallest absolute Gasteiger partial charge is 0.137 e. The van der Waals surface area contributed by atoms with Crippen molar-refractivity contribution < 1.29 is 9.50 Å². The molecular formula is C15H21BrFNO. The van der Waals surface area contributed by atoms with Gasteiger partial charge in [-0.15, -0.1) is 0 Å². The molecule has 1 aromatic carbocycles. The molecule has 0 aliphatic heterocycles. The normalized spacial score (nSPS) is 18.3. The first kappa shape index (κ1) is 14.8. The molecule has 4 heteroatoms. The molecule has 0 bridgehead atoms. The first-order chi connectivity index (χ1) is 9.06. The molecular weight excluding hydrogens is 309 g/mol. The quantitative estimate of drug-likeness (QED) is 0.865. The van der Waals surface area contributed by atoms with Crippen molar-refractivity contribution in [1.82, 2.24) is 0 Å². The summed E-state index contributed by atoms with van der Waals surface area (Å²) in [6.07, 6.45) is 5.78. The molecule has 2 nitrogen and oxygen atoms in total. The summed E-state index contributed by atoms with van der Waals surface area (Å²) in [6, 6.07) is 3.30. The molecule has 0 amide bonds. The van der Waals surface area contributed by atoms with E-state index in [0.717, 1.165) is 30.6 Å². The summed E-state index contributed by atoms with van der Waals surface area (Å²) in [5, 5.41) is 13.1. The van der Waals surface area contributed by atoms with E-state index < -0.39 is 0 Å². The lowest BCUT2D eigenvalue weighted by atomic mass is 9.74. The average Bonchev–Trinajstić information content (AvgIpc) is 2.42. The van der Waals surface area contributed by atoms with Gasteiger partial charge in [0.1, 0.15) is 5.82 Å². The molecule has 0 spiro atoms. The van der Waals surface area contributed by atoms with Gasteiger partial charge in [-0.1, -0.05) is 19.3 Å². The molecule has 0 saturated heterocycles. The van der Waals surface area contributed by atoms with E-state index in [1.165, 1.54) is 25.3 Å². The van der Waals surface area contributed by atoms with E-state index in [9.17, 15) is 9.50 Å². The minimum absolute atomic E-state index is 0.00838. The molecule has 0 atom stereocenters. The highest BCUT2D eigenvalue weighted by molar-refractivity contribution is 9.10. The Morgan fingerprint density at radius 1 is 1.32 bits per heavy atom. The lowest BCUT2D eigenvalue weighted by Gasteiger charge is -2.36. The third-order valence-corrected chi connectivity index (χ3v) is 4.78. The Morgan fingerprint density at radius 2 is 2.00 bits per heavy atom. The first-order valence-corrected chi connectivity index (χ1v) is 7.66. The van der Waals surface area contributed by atoms with Gasteiger partial charge in [-0.2, -0.15) is 0 Å². The zero-order chi connectivity index (χ0) is 13.9. The van der Waals surface area contributed by atoms with Gasteiger partial charge in [-0.3, -0.25) is 0 Å². The van der Waals surface area contributed by atoms with Gasteiger partial charge in [0.2, 0.25) is 0 Å².